The lowest BCUT2D eigenvalue weighted by Crippen LogP contribution is -2.50. The fraction of sp³-hybridized carbons (Fsp3) is 0.500. The van der Waals surface area contributed by atoms with Gasteiger partial charge in [0.15, 0.2) is 0 Å². The van der Waals surface area contributed by atoms with E-state index in [-0.39, 0.29) is 24.2 Å². The summed E-state index contributed by atoms with van der Waals surface area (Å²) in [4.78, 5) is 21.7. The molecule has 2 heterocycles. The number of carbonyl (C=O) groups is 1. The van der Waals surface area contributed by atoms with Crippen LogP contribution in [0.5, 0.6) is 0 Å². The van der Waals surface area contributed by atoms with Crippen LogP contribution < -0.4 is 5.32 Å². The van der Waals surface area contributed by atoms with E-state index >= 15 is 0 Å². The maximum absolute atomic E-state index is 13.4. The van der Waals surface area contributed by atoms with Crippen LogP contribution in [0.1, 0.15) is 19.0 Å². The van der Waals surface area contributed by atoms with Crippen molar-refractivity contribution in [1.82, 2.24) is 20.1 Å². The van der Waals surface area contributed by atoms with Gasteiger partial charge in [-0.15, -0.1) is 11.3 Å². The van der Waals surface area contributed by atoms with Crippen molar-refractivity contribution in [2.24, 2.45) is 0 Å². The molecule has 0 aliphatic carbocycles. The number of hydrogen-bond acceptors (Lipinski definition) is 5. The van der Waals surface area contributed by atoms with Crippen molar-refractivity contribution < 1.29 is 9.18 Å². The summed E-state index contributed by atoms with van der Waals surface area (Å²) in [6, 6.07) is 6.53. The van der Waals surface area contributed by atoms with E-state index in [1.807, 2.05) is 11.4 Å². The monoisotopic (exact) mass is 390 g/mol. The second-order valence-corrected chi connectivity index (χ2v) is 7.97. The van der Waals surface area contributed by atoms with Crippen molar-refractivity contribution in [2.45, 2.75) is 25.8 Å². The van der Waals surface area contributed by atoms with Crippen molar-refractivity contribution in [3.8, 4) is 10.6 Å². The summed E-state index contributed by atoms with van der Waals surface area (Å²) in [6.07, 6.45) is 1.16. The lowest BCUT2D eigenvalue weighted by molar-refractivity contribution is -0.121. The van der Waals surface area contributed by atoms with Gasteiger partial charge in [-0.2, -0.15) is 0 Å². The van der Waals surface area contributed by atoms with Gasteiger partial charge in [-0.25, -0.2) is 9.37 Å². The molecule has 0 radical (unpaired) electrons. The Kier molecular flexibility index (Phi) is 6.93. The van der Waals surface area contributed by atoms with Gasteiger partial charge in [0.2, 0.25) is 5.91 Å². The van der Waals surface area contributed by atoms with E-state index in [4.69, 9.17) is 0 Å². The van der Waals surface area contributed by atoms with E-state index in [1.165, 1.54) is 23.5 Å². The number of rotatable bonds is 7. The van der Waals surface area contributed by atoms with Crippen LogP contribution in [0.3, 0.4) is 0 Å². The highest BCUT2D eigenvalue weighted by Crippen LogP contribution is 2.24. The fourth-order valence-electron chi connectivity index (χ4n) is 3.20. The van der Waals surface area contributed by atoms with Crippen molar-refractivity contribution in [2.75, 3.05) is 39.8 Å². The van der Waals surface area contributed by atoms with Crippen LogP contribution in [-0.2, 0) is 11.2 Å². The van der Waals surface area contributed by atoms with Crippen molar-refractivity contribution in [3.05, 3.63) is 41.2 Å². The Morgan fingerprint density at radius 1 is 1.33 bits per heavy atom. The maximum Gasteiger partial charge on any atom is 0.226 e. The highest BCUT2D eigenvalue weighted by Gasteiger charge is 2.19. The third-order valence-corrected chi connectivity index (χ3v) is 5.84. The molecule has 1 amide bonds. The quantitative estimate of drug-likeness (QED) is 0.790. The fourth-order valence-corrected chi connectivity index (χ4v) is 4.02. The van der Waals surface area contributed by atoms with E-state index < -0.39 is 0 Å². The minimum atomic E-state index is -0.281. The summed E-state index contributed by atoms with van der Waals surface area (Å²) in [5, 5.41) is 5.76. The molecule has 1 fully saturated rings. The Balaban J connectivity index is 1.52. The molecule has 1 aliphatic rings. The minimum Gasteiger partial charge on any atom is -0.352 e. The van der Waals surface area contributed by atoms with Crippen LogP contribution in [-0.4, -0.2) is 66.5 Å². The number of piperazine rings is 1. The maximum atomic E-state index is 13.4. The lowest BCUT2D eigenvalue weighted by Gasteiger charge is -2.34. The third-order valence-electron chi connectivity index (χ3n) is 4.90. The van der Waals surface area contributed by atoms with Crippen LogP contribution in [0.15, 0.2) is 29.6 Å². The number of aromatic nitrogens is 1. The molecule has 1 aromatic heterocycles. The van der Waals surface area contributed by atoms with Gasteiger partial charge in [-0.05, 0) is 25.6 Å². The van der Waals surface area contributed by atoms with Crippen LogP contribution in [0.4, 0.5) is 4.39 Å². The first kappa shape index (κ1) is 19.9. The molecule has 146 valence electrons. The van der Waals surface area contributed by atoms with Crippen molar-refractivity contribution in [3.63, 3.8) is 0 Å². The van der Waals surface area contributed by atoms with Crippen LogP contribution in [0, 0.1) is 5.82 Å². The number of carbonyl (C=O) groups excluding carboxylic acids is 1. The summed E-state index contributed by atoms with van der Waals surface area (Å²) in [5.41, 5.74) is 1.47. The number of nitrogens with zero attached hydrogens (tertiary/aromatic N) is 3. The van der Waals surface area contributed by atoms with E-state index in [1.54, 1.807) is 6.07 Å². The number of benzene rings is 1. The molecular weight excluding hydrogens is 363 g/mol. The number of nitrogens with one attached hydrogen (secondary N) is 1. The predicted molar refractivity (Wildman–Crippen MR) is 107 cm³/mol. The molecule has 1 N–H and O–H groups in total. The Morgan fingerprint density at radius 2 is 2.11 bits per heavy atom. The van der Waals surface area contributed by atoms with Gasteiger partial charge < -0.3 is 10.2 Å². The normalized spacial score (nSPS) is 17.0. The molecule has 1 aliphatic heterocycles. The van der Waals surface area contributed by atoms with Gasteiger partial charge >= 0.3 is 0 Å². The predicted octanol–water partition coefficient (Wildman–Crippen LogP) is 2.63. The molecule has 1 unspecified atom stereocenters. The van der Waals surface area contributed by atoms with Crippen LogP contribution in [0.2, 0.25) is 0 Å². The smallest absolute Gasteiger partial charge is 0.226 e. The number of thiazole rings is 1. The first-order valence-electron chi connectivity index (χ1n) is 9.44. The van der Waals surface area contributed by atoms with E-state index in [0.29, 0.717) is 0 Å². The molecule has 1 aromatic carbocycles. The second-order valence-electron chi connectivity index (χ2n) is 7.11. The molecule has 0 spiro atoms. The molecule has 2 aromatic rings. The zero-order chi connectivity index (χ0) is 19.2. The average Bonchev–Trinajstić information content (AvgIpc) is 3.11. The second kappa shape index (κ2) is 9.39. The largest absolute Gasteiger partial charge is 0.352 e. The molecule has 27 heavy (non-hydrogen) atoms. The zero-order valence-electron chi connectivity index (χ0n) is 15.9. The van der Waals surface area contributed by atoms with Gasteiger partial charge in [0.25, 0.3) is 0 Å². The lowest BCUT2D eigenvalue weighted by atomic mass is 10.1. The van der Waals surface area contributed by atoms with Gasteiger partial charge in [-0.1, -0.05) is 19.1 Å². The molecule has 1 saturated heterocycles. The van der Waals surface area contributed by atoms with Crippen LogP contribution >= 0.6 is 11.3 Å². The Morgan fingerprint density at radius 3 is 2.81 bits per heavy atom. The van der Waals surface area contributed by atoms with E-state index in [9.17, 15) is 9.18 Å². The summed E-state index contributed by atoms with van der Waals surface area (Å²) < 4.78 is 13.4. The molecule has 1 atom stereocenters. The van der Waals surface area contributed by atoms with Gasteiger partial charge in [0.05, 0.1) is 12.1 Å². The average molecular weight is 391 g/mol. The Hall–Kier alpha value is -1.83. The highest BCUT2D eigenvalue weighted by molar-refractivity contribution is 7.13. The number of halogens is 1. The topological polar surface area (TPSA) is 48.5 Å². The molecular formula is C20H27FN4OS. The Bertz CT molecular complexity index is 758. The number of amides is 1. The van der Waals surface area contributed by atoms with Crippen LogP contribution in [0.25, 0.3) is 10.6 Å². The Labute approximate surface area is 164 Å². The van der Waals surface area contributed by atoms with Gasteiger partial charge in [0, 0.05) is 49.7 Å². The minimum absolute atomic E-state index is 0.00734. The van der Waals surface area contributed by atoms with Gasteiger partial charge in [0.1, 0.15) is 10.8 Å². The first-order valence-corrected chi connectivity index (χ1v) is 10.3. The van der Waals surface area contributed by atoms with Crippen molar-refractivity contribution >= 4 is 17.2 Å². The molecule has 3 rings (SSSR count). The molecule has 5 nitrogen and oxygen atoms in total. The van der Waals surface area contributed by atoms with E-state index in [2.05, 4.69) is 34.1 Å². The number of likely N-dealkylation sites (N-methyl/N-ethyl adjacent to an activating group) is 1. The van der Waals surface area contributed by atoms with E-state index in [0.717, 1.165) is 55.4 Å². The third kappa shape index (κ3) is 5.82. The zero-order valence-corrected chi connectivity index (χ0v) is 16.8. The summed E-state index contributed by atoms with van der Waals surface area (Å²) >= 11 is 1.44. The SMILES string of the molecule is CCC(CN1CCN(C)CC1)NC(=O)Cc1csc(-c2cccc(F)c2)n1. The molecule has 0 saturated carbocycles. The first-order chi connectivity index (χ1) is 13.0. The molecule has 7 heteroatoms. The van der Waals surface area contributed by atoms with Crippen molar-refractivity contribution in [1.29, 1.82) is 0 Å². The molecule has 0 bridgehead atoms. The standard InChI is InChI=1S/C20H27FN4OS/c1-3-17(13-25-9-7-24(2)8-10-25)22-19(26)12-18-14-27-20(23-18)15-5-4-6-16(21)11-15/h4-6,11,14,17H,3,7-10,12-13H2,1-2H3,(H,22,26). The van der Waals surface area contributed by atoms with Gasteiger partial charge in [-0.3, -0.25) is 9.69 Å². The summed E-state index contributed by atoms with van der Waals surface area (Å²) in [6.45, 7) is 7.24. The highest BCUT2D eigenvalue weighted by atomic mass is 32.1. The number of hydrogen-bond donors (Lipinski definition) is 1. The summed E-state index contributed by atoms with van der Waals surface area (Å²) in [5.74, 6) is -0.288. The summed E-state index contributed by atoms with van der Waals surface area (Å²) in [7, 11) is 2.14.